The highest BCUT2D eigenvalue weighted by Gasteiger charge is 2.12. The topological polar surface area (TPSA) is 23.5 Å². The summed E-state index contributed by atoms with van der Waals surface area (Å²) in [7, 11) is 0. The lowest BCUT2D eigenvalue weighted by Gasteiger charge is -2.28. The SMILES string of the molecule is CC(C)CN(CC(C)C)CC(C)CO. The highest BCUT2D eigenvalue weighted by atomic mass is 16.3. The molecule has 0 heterocycles. The third-order valence-corrected chi connectivity index (χ3v) is 2.13. The Morgan fingerprint density at radius 3 is 1.57 bits per heavy atom. The van der Waals surface area contributed by atoms with Gasteiger partial charge in [-0.05, 0) is 17.8 Å². The third-order valence-electron chi connectivity index (χ3n) is 2.13. The van der Waals surface area contributed by atoms with Gasteiger partial charge in [0, 0.05) is 26.2 Å². The zero-order chi connectivity index (χ0) is 11.1. The molecule has 0 aromatic rings. The second-order valence-electron chi connectivity index (χ2n) is 5.29. The van der Waals surface area contributed by atoms with Gasteiger partial charge in [0.25, 0.3) is 0 Å². The largest absolute Gasteiger partial charge is 0.396 e. The average Bonchev–Trinajstić information content (AvgIpc) is 2.01. The van der Waals surface area contributed by atoms with E-state index in [2.05, 4.69) is 39.5 Å². The summed E-state index contributed by atoms with van der Waals surface area (Å²) < 4.78 is 0. The van der Waals surface area contributed by atoms with Crippen molar-refractivity contribution in [1.29, 1.82) is 0 Å². The average molecular weight is 201 g/mol. The molecule has 0 aliphatic carbocycles. The molecule has 0 bridgehead atoms. The van der Waals surface area contributed by atoms with E-state index in [-0.39, 0.29) is 0 Å². The molecule has 0 saturated carbocycles. The summed E-state index contributed by atoms with van der Waals surface area (Å²) in [5.41, 5.74) is 0. The van der Waals surface area contributed by atoms with Gasteiger partial charge in [0.1, 0.15) is 0 Å². The van der Waals surface area contributed by atoms with Crippen molar-refractivity contribution >= 4 is 0 Å². The molecule has 1 atom stereocenters. The van der Waals surface area contributed by atoms with Gasteiger partial charge < -0.3 is 10.0 Å². The molecule has 0 spiro atoms. The van der Waals surface area contributed by atoms with Gasteiger partial charge in [-0.25, -0.2) is 0 Å². The van der Waals surface area contributed by atoms with Gasteiger partial charge in [0.05, 0.1) is 0 Å². The number of rotatable bonds is 7. The van der Waals surface area contributed by atoms with Gasteiger partial charge in [0.15, 0.2) is 0 Å². The monoisotopic (exact) mass is 201 g/mol. The summed E-state index contributed by atoms with van der Waals surface area (Å²) in [6, 6.07) is 0. The van der Waals surface area contributed by atoms with E-state index in [4.69, 9.17) is 5.11 Å². The lowest BCUT2D eigenvalue weighted by atomic mass is 10.1. The maximum absolute atomic E-state index is 9.03. The van der Waals surface area contributed by atoms with E-state index in [0.717, 1.165) is 19.6 Å². The maximum Gasteiger partial charge on any atom is 0.0468 e. The van der Waals surface area contributed by atoms with E-state index in [1.54, 1.807) is 0 Å². The van der Waals surface area contributed by atoms with Crippen molar-refractivity contribution < 1.29 is 5.11 Å². The fourth-order valence-electron chi connectivity index (χ4n) is 1.75. The Morgan fingerprint density at radius 1 is 0.857 bits per heavy atom. The molecule has 0 radical (unpaired) electrons. The van der Waals surface area contributed by atoms with Crippen molar-refractivity contribution in [3.05, 3.63) is 0 Å². The molecule has 0 aliphatic heterocycles. The maximum atomic E-state index is 9.03. The van der Waals surface area contributed by atoms with Crippen LogP contribution in [0.3, 0.4) is 0 Å². The minimum atomic E-state index is 0.298. The van der Waals surface area contributed by atoms with Crippen molar-refractivity contribution in [1.82, 2.24) is 4.90 Å². The molecule has 2 nitrogen and oxygen atoms in total. The summed E-state index contributed by atoms with van der Waals surface area (Å²) in [4.78, 5) is 2.47. The summed E-state index contributed by atoms with van der Waals surface area (Å²) in [6.45, 7) is 14.7. The van der Waals surface area contributed by atoms with Crippen LogP contribution < -0.4 is 0 Å². The summed E-state index contributed by atoms with van der Waals surface area (Å²) >= 11 is 0. The first-order chi connectivity index (χ1) is 6.45. The molecule has 1 N–H and O–H groups in total. The molecule has 0 aliphatic rings. The van der Waals surface area contributed by atoms with Crippen molar-refractivity contribution in [3.63, 3.8) is 0 Å². The second kappa shape index (κ2) is 7.24. The number of nitrogens with zero attached hydrogens (tertiary/aromatic N) is 1. The molecule has 1 unspecified atom stereocenters. The van der Waals surface area contributed by atoms with E-state index < -0.39 is 0 Å². The summed E-state index contributed by atoms with van der Waals surface area (Å²) in [5.74, 6) is 1.81. The lowest BCUT2D eigenvalue weighted by Crippen LogP contribution is -2.35. The normalized spacial score (nSPS) is 14.4. The molecule has 0 rings (SSSR count). The van der Waals surface area contributed by atoms with Gasteiger partial charge in [-0.2, -0.15) is 0 Å². The smallest absolute Gasteiger partial charge is 0.0468 e. The van der Waals surface area contributed by atoms with Gasteiger partial charge in [0.2, 0.25) is 0 Å². The predicted octanol–water partition coefficient (Wildman–Crippen LogP) is 2.23. The zero-order valence-electron chi connectivity index (χ0n) is 10.5. The highest BCUT2D eigenvalue weighted by Crippen LogP contribution is 2.07. The van der Waals surface area contributed by atoms with Crippen LogP contribution >= 0.6 is 0 Å². The second-order valence-corrected chi connectivity index (χ2v) is 5.29. The molecule has 0 aromatic carbocycles. The van der Waals surface area contributed by atoms with E-state index in [1.165, 1.54) is 0 Å². The molecule has 0 saturated heterocycles. The van der Waals surface area contributed by atoms with Gasteiger partial charge in [-0.1, -0.05) is 34.6 Å². The minimum absolute atomic E-state index is 0.298. The lowest BCUT2D eigenvalue weighted by molar-refractivity contribution is 0.151. The van der Waals surface area contributed by atoms with E-state index in [9.17, 15) is 0 Å². The fraction of sp³-hybridized carbons (Fsp3) is 1.00. The van der Waals surface area contributed by atoms with Crippen molar-refractivity contribution in [2.75, 3.05) is 26.2 Å². The van der Waals surface area contributed by atoms with Crippen molar-refractivity contribution in [2.45, 2.75) is 34.6 Å². The quantitative estimate of drug-likeness (QED) is 0.683. The highest BCUT2D eigenvalue weighted by molar-refractivity contribution is 4.65. The van der Waals surface area contributed by atoms with Crippen LogP contribution in [0.1, 0.15) is 34.6 Å². The zero-order valence-corrected chi connectivity index (χ0v) is 10.5. The molecule has 0 aromatic heterocycles. The van der Waals surface area contributed by atoms with Crippen LogP contribution in [0.5, 0.6) is 0 Å². The van der Waals surface area contributed by atoms with E-state index in [0.29, 0.717) is 24.4 Å². The van der Waals surface area contributed by atoms with Crippen LogP contribution in [0.4, 0.5) is 0 Å². The Bertz CT molecular complexity index is 124. The summed E-state index contributed by atoms with van der Waals surface area (Å²) in [6.07, 6.45) is 0. The molecular formula is C12H27NO. The Hall–Kier alpha value is -0.0800. The summed E-state index contributed by atoms with van der Waals surface area (Å²) in [5, 5.41) is 9.03. The van der Waals surface area contributed by atoms with Crippen LogP contribution in [0.2, 0.25) is 0 Å². The van der Waals surface area contributed by atoms with Crippen LogP contribution in [0.25, 0.3) is 0 Å². The first-order valence-electron chi connectivity index (χ1n) is 5.78. The Balaban J connectivity index is 3.96. The van der Waals surface area contributed by atoms with E-state index in [1.807, 2.05) is 0 Å². The van der Waals surface area contributed by atoms with Gasteiger partial charge in [-0.3, -0.25) is 0 Å². The van der Waals surface area contributed by atoms with Crippen molar-refractivity contribution in [3.8, 4) is 0 Å². The van der Waals surface area contributed by atoms with Crippen LogP contribution in [0.15, 0.2) is 0 Å². The number of aliphatic hydroxyl groups is 1. The van der Waals surface area contributed by atoms with Crippen LogP contribution in [-0.2, 0) is 0 Å². The number of aliphatic hydroxyl groups excluding tert-OH is 1. The Labute approximate surface area is 89.3 Å². The fourth-order valence-corrected chi connectivity index (χ4v) is 1.75. The van der Waals surface area contributed by atoms with Gasteiger partial charge >= 0.3 is 0 Å². The first-order valence-corrected chi connectivity index (χ1v) is 5.78. The van der Waals surface area contributed by atoms with E-state index >= 15 is 0 Å². The standard InChI is InChI=1S/C12H27NO/c1-10(2)6-13(7-11(3)4)8-12(5)9-14/h10-12,14H,6-9H2,1-5H3. The first kappa shape index (κ1) is 13.9. The van der Waals surface area contributed by atoms with Gasteiger partial charge in [-0.15, -0.1) is 0 Å². The van der Waals surface area contributed by atoms with Crippen LogP contribution in [-0.4, -0.2) is 36.2 Å². The Morgan fingerprint density at radius 2 is 1.29 bits per heavy atom. The molecule has 2 heteroatoms. The molecule has 0 amide bonds. The van der Waals surface area contributed by atoms with Crippen molar-refractivity contribution in [2.24, 2.45) is 17.8 Å². The molecule has 86 valence electrons. The predicted molar refractivity (Wildman–Crippen MR) is 62.4 cm³/mol. The molecular weight excluding hydrogens is 174 g/mol. The molecule has 14 heavy (non-hydrogen) atoms. The minimum Gasteiger partial charge on any atom is -0.396 e. The molecule has 0 fully saturated rings. The Kier molecular flexibility index (Phi) is 7.20. The van der Waals surface area contributed by atoms with Crippen LogP contribution in [0, 0.1) is 17.8 Å². The third kappa shape index (κ3) is 7.34. The number of hydrogen-bond donors (Lipinski definition) is 1. The number of hydrogen-bond acceptors (Lipinski definition) is 2.